The lowest BCUT2D eigenvalue weighted by Crippen LogP contribution is -2.32. The Morgan fingerprint density at radius 1 is 1.44 bits per heavy atom. The van der Waals surface area contributed by atoms with Gasteiger partial charge in [0.15, 0.2) is 0 Å². The number of benzene rings is 1. The predicted octanol–water partition coefficient (Wildman–Crippen LogP) is 1.90. The molecule has 0 radical (unpaired) electrons. The molecule has 4 nitrogen and oxygen atoms in total. The highest BCUT2D eigenvalue weighted by Gasteiger charge is 2.13. The van der Waals surface area contributed by atoms with Crippen LogP contribution in [0.25, 0.3) is 0 Å². The summed E-state index contributed by atoms with van der Waals surface area (Å²) in [5.74, 6) is 0.0490. The van der Waals surface area contributed by atoms with Gasteiger partial charge in [-0.25, -0.2) is 0 Å². The molecule has 0 heterocycles. The number of nitrogen functional groups attached to an aromatic ring is 1. The Morgan fingerprint density at radius 2 is 2.11 bits per heavy atom. The highest BCUT2D eigenvalue weighted by Crippen LogP contribution is 2.23. The molecule has 1 atom stereocenters. The zero-order chi connectivity index (χ0) is 13.4. The third-order valence-corrected chi connectivity index (χ3v) is 3.50. The Morgan fingerprint density at radius 3 is 2.72 bits per heavy atom. The zero-order valence-electron chi connectivity index (χ0n) is 10.8. The van der Waals surface area contributed by atoms with E-state index in [9.17, 15) is 4.79 Å². The third kappa shape index (κ3) is 5.42. The Hall–Kier alpha value is -1.20. The molecule has 0 saturated carbocycles. The average Bonchev–Trinajstić information content (AvgIpc) is 2.37. The highest BCUT2D eigenvalue weighted by atomic mass is 32.2. The van der Waals surface area contributed by atoms with Crippen LogP contribution in [0.1, 0.15) is 13.3 Å². The van der Waals surface area contributed by atoms with Crippen molar-refractivity contribution in [2.24, 2.45) is 0 Å². The van der Waals surface area contributed by atoms with Crippen LogP contribution in [0.4, 0.5) is 5.69 Å². The number of carbonyl (C=O) groups is 1. The molecule has 0 spiro atoms. The lowest BCUT2D eigenvalue weighted by Gasteiger charge is -2.11. The number of amides is 1. The van der Waals surface area contributed by atoms with E-state index in [-0.39, 0.29) is 11.2 Å². The van der Waals surface area contributed by atoms with E-state index in [2.05, 4.69) is 5.32 Å². The van der Waals surface area contributed by atoms with E-state index in [0.29, 0.717) is 13.2 Å². The molecular formula is C13H20N2O2S. The monoisotopic (exact) mass is 268 g/mol. The first-order valence-corrected chi connectivity index (χ1v) is 6.80. The lowest BCUT2D eigenvalue weighted by molar-refractivity contribution is -0.120. The molecule has 3 N–H and O–H groups in total. The minimum Gasteiger partial charge on any atom is -0.399 e. The number of anilines is 1. The first-order valence-electron chi connectivity index (χ1n) is 5.92. The molecule has 1 rings (SSSR count). The number of carbonyl (C=O) groups excluding carboxylic acids is 1. The number of hydrogen-bond acceptors (Lipinski definition) is 4. The fraction of sp³-hybridized carbons (Fsp3) is 0.462. The summed E-state index contributed by atoms with van der Waals surface area (Å²) in [6, 6.07) is 7.53. The number of nitrogens with one attached hydrogen (secondary N) is 1. The summed E-state index contributed by atoms with van der Waals surface area (Å²) < 4.78 is 4.92. The lowest BCUT2D eigenvalue weighted by atomic mass is 10.3. The Kier molecular flexibility index (Phi) is 6.60. The van der Waals surface area contributed by atoms with Gasteiger partial charge in [-0.2, -0.15) is 0 Å². The maximum Gasteiger partial charge on any atom is 0.233 e. The van der Waals surface area contributed by atoms with Crippen LogP contribution >= 0.6 is 11.8 Å². The smallest absolute Gasteiger partial charge is 0.233 e. The number of thioether (sulfide) groups is 1. The van der Waals surface area contributed by atoms with Gasteiger partial charge in [-0.1, -0.05) is 0 Å². The highest BCUT2D eigenvalue weighted by molar-refractivity contribution is 8.00. The van der Waals surface area contributed by atoms with Gasteiger partial charge < -0.3 is 15.8 Å². The summed E-state index contributed by atoms with van der Waals surface area (Å²) in [6.45, 7) is 3.21. The van der Waals surface area contributed by atoms with Gasteiger partial charge in [-0.3, -0.25) is 4.79 Å². The molecule has 0 saturated heterocycles. The third-order valence-electron chi connectivity index (χ3n) is 2.39. The molecule has 1 unspecified atom stereocenters. The first kappa shape index (κ1) is 14.9. The van der Waals surface area contributed by atoms with E-state index >= 15 is 0 Å². The predicted molar refractivity (Wildman–Crippen MR) is 75.7 cm³/mol. The second-order valence-corrected chi connectivity index (χ2v) is 5.38. The fourth-order valence-corrected chi connectivity index (χ4v) is 2.27. The molecular weight excluding hydrogens is 248 g/mol. The summed E-state index contributed by atoms with van der Waals surface area (Å²) in [6.07, 6.45) is 0.835. The summed E-state index contributed by atoms with van der Waals surface area (Å²) in [5, 5.41) is 2.77. The molecule has 1 aromatic carbocycles. The van der Waals surface area contributed by atoms with Crippen molar-refractivity contribution in [2.45, 2.75) is 23.5 Å². The molecule has 100 valence electrons. The molecule has 1 amide bonds. The van der Waals surface area contributed by atoms with Crippen LogP contribution in [0.5, 0.6) is 0 Å². The van der Waals surface area contributed by atoms with Gasteiger partial charge in [0.05, 0.1) is 5.25 Å². The van der Waals surface area contributed by atoms with Gasteiger partial charge >= 0.3 is 0 Å². The summed E-state index contributed by atoms with van der Waals surface area (Å²) in [4.78, 5) is 12.8. The number of ether oxygens (including phenoxy) is 1. The van der Waals surface area contributed by atoms with Crippen LogP contribution in [0.2, 0.25) is 0 Å². The Bertz CT molecular complexity index is 368. The van der Waals surface area contributed by atoms with Crippen LogP contribution in [0, 0.1) is 0 Å². The molecule has 0 fully saturated rings. The molecule has 0 aliphatic carbocycles. The van der Waals surface area contributed by atoms with Crippen molar-refractivity contribution in [1.82, 2.24) is 5.32 Å². The van der Waals surface area contributed by atoms with E-state index in [4.69, 9.17) is 10.5 Å². The summed E-state index contributed by atoms with van der Waals surface area (Å²) >= 11 is 1.53. The van der Waals surface area contributed by atoms with Crippen molar-refractivity contribution < 1.29 is 9.53 Å². The van der Waals surface area contributed by atoms with Gasteiger partial charge in [-0.15, -0.1) is 11.8 Å². The second-order valence-electron chi connectivity index (χ2n) is 3.97. The number of nitrogens with two attached hydrogens (primary N) is 1. The van der Waals surface area contributed by atoms with Crippen LogP contribution in [-0.2, 0) is 9.53 Å². The van der Waals surface area contributed by atoms with Gasteiger partial charge in [0, 0.05) is 30.8 Å². The van der Waals surface area contributed by atoms with E-state index < -0.39 is 0 Å². The second kappa shape index (κ2) is 8.00. The molecule has 0 aromatic heterocycles. The SMILES string of the molecule is COCCCNC(=O)C(C)Sc1ccc(N)cc1. The van der Waals surface area contributed by atoms with Crippen LogP contribution < -0.4 is 11.1 Å². The van der Waals surface area contributed by atoms with Crippen molar-refractivity contribution >= 4 is 23.4 Å². The van der Waals surface area contributed by atoms with Crippen molar-refractivity contribution in [3.8, 4) is 0 Å². The van der Waals surface area contributed by atoms with Crippen molar-refractivity contribution in [1.29, 1.82) is 0 Å². The average molecular weight is 268 g/mol. The maximum atomic E-state index is 11.8. The molecule has 18 heavy (non-hydrogen) atoms. The Labute approximate surface area is 112 Å². The fourth-order valence-electron chi connectivity index (χ4n) is 1.38. The zero-order valence-corrected chi connectivity index (χ0v) is 11.6. The first-order chi connectivity index (χ1) is 8.63. The van der Waals surface area contributed by atoms with E-state index in [1.807, 2.05) is 31.2 Å². The van der Waals surface area contributed by atoms with E-state index in [1.54, 1.807) is 7.11 Å². The standard InChI is InChI=1S/C13H20N2O2S/c1-10(13(16)15-8-3-9-17-2)18-12-6-4-11(14)5-7-12/h4-7,10H,3,8-9,14H2,1-2H3,(H,15,16). The minimum atomic E-state index is -0.115. The maximum absolute atomic E-state index is 11.8. The molecule has 5 heteroatoms. The number of methoxy groups -OCH3 is 1. The van der Waals surface area contributed by atoms with Crippen LogP contribution in [0.15, 0.2) is 29.2 Å². The van der Waals surface area contributed by atoms with Crippen molar-refractivity contribution in [2.75, 3.05) is 26.0 Å². The molecule has 0 aliphatic rings. The molecule has 1 aromatic rings. The summed E-state index contributed by atoms with van der Waals surface area (Å²) in [7, 11) is 1.65. The van der Waals surface area contributed by atoms with Crippen LogP contribution in [0.3, 0.4) is 0 Å². The number of hydrogen-bond donors (Lipinski definition) is 2. The largest absolute Gasteiger partial charge is 0.399 e. The van der Waals surface area contributed by atoms with E-state index in [0.717, 1.165) is 17.0 Å². The normalized spacial score (nSPS) is 12.1. The topological polar surface area (TPSA) is 64.3 Å². The van der Waals surface area contributed by atoms with Crippen molar-refractivity contribution in [3.63, 3.8) is 0 Å². The van der Waals surface area contributed by atoms with Gasteiger partial charge in [0.2, 0.25) is 5.91 Å². The van der Waals surface area contributed by atoms with Gasteiger partial charge in [0.25, 0.3) is 0 Å². The van der Waals surface area contributed by atoms with E-state index in [1.165, 1.54) is 11.8 Å². The molecule has 0 bridgehead atoms. The molecule has 0 aliphatic heterocycles. The van der Waals surface area contributed by atoms with Gasteiger partial charge in [0.1, 0.15) is 0 Å². The Balaban J connectivity index is 2.33. The van der Waals surface area contributed by atoms with Crippen LogP contribution in [-0.4, -0.2) is 31.4 Å². The minimum absolute atomic E-state index is 0.0490. The summed E-state index contributed by atoms with van der Waals surface area (Å²) in [5.41, 5.74) is 6.34. The van der Waals surface area contributed by atoms with Gasteiger partial charge in [-0.05, 0) is 37.6 Å². The number of rotatable bonds is 7. The quantitative estimate of drug-likeness (QED) is 0.450. The van der Waals surface area contributed by atoms with Crippen molar-refractivity contribution in [3.05, 3.63) is 24.3 Å².